The van der Waals surface area contributed by atoms with E-state index >= 15 is 0 Å². The minimum atomic E-state index is -2.00. The van der Waals surface area contributed by atoms with Gasteiger partial charge in [0.25, 0.3) is 0 Å². The van der Waals surface area contributed by atoms with E-state index in [1.807, 2.05) is 0 Å². The average molecular weight is 661 g/mol. The first-order valence-corrected chi connectivity index (χ1v) is 14.3. The van der Waals surface area contributed by atoms with Crippen LogP contribution in [-0.2, 0) is 33.2 Å². The van der Waals surface area contributed by atoms with Crippen LogP contribution in [0.5, 0.6) is 0 Å². The maximum atomic E-state index is 11.4. The van der Waals surface area contributed by atoms with Gasteiger partial charge in [0.05, 0.1) is 12.6 Å². The van der Waals surface area contributed by atoms with E-state index in [-0.39, 0.29) is 6.42 Å². The second-order valence-electron chi connectivity index (χ2n) is 11.6. The first-order valence-electron chi connectivity index (χ1n) is 14.3. The smallest absolute Gasteiger partial charge is 0.335 e. The molecule has 0 aromatic carbocycles. The molecule has 45 heavy (non-hydrogen) atoms. The van der Waals surface area contributed by atoms with Crippen LogP contribution in [0, 0.1) is 0 Å². The highest BCUT2D eigenvalue weighted by atomic mass is 16.7. The molecule has 1 aliphatic carbocycles. The number of hydrogen-bond acceptors (Lipinski definition) is 20. The van der Waals surface area contributed by atoms with E-state index < -0.39 is 142 Å². The van der Waals surface area contributed by atoms with Gasteiger partial charge in [-0.25, -0.2) is 4.79 Å². The van der Waals surface area contributed by atoms with E-state index in [9.17, 15) is 55.9 Å². The Morgan fingerprint density at radius 2 is 1.11 bits per heavy atom. The minimum absolute atomic E-state index is 0.0272. The summed E-state index contributed by atoms with van der Waals surface area (Å²) in [7, 11) is 0. The van der Waals surface area contributed by atoms with Gasteiger partial charge in [-0.3, -0.25) is 0 Å². The normalized spacial score (nSPS) is 52.8. The third kappa shape index (κ3) is 7.26. The second kappa shape index (κ2) is 14.9. The van der Waals surface area contributed by atoms with Crippen LogP contribution < -0.4 is 22.9 Å². The third-order valence-corrected chi connectivity index (χ3v) is 8.56. The molecule has 5 unspecified atom stereocenters. The Hall–Kier alpha value is -1.29. The molecule has 3 saturated heterocycles. The molecule has 3 aliphatic heterocycles. The van der Waals surface area contributed by atoms with Gasteiger partial charge in [-0.2, -0.15) is 0 Å². The van der Waals surface area contributed by atoms with Crippen molar-refractivity contribution < 1.29 is 84.3 Å². The van der Waals surface area contributed by atoms with Crippen molar-refractivity contribution in [2.45, 2.75) is 129 Å². The van der Waals surface area contributed by atoms with Crippen LogP contribution >= 0.6 is 0 Å². The van der Waals surface area contributed by atoms with Crippen molar-refractivity contribution >= 4 is 5.97 Å². The van der Waals surface area contributed by atoms with Crippen LogP contribution in [0.15, 0.2) is 0 Å². The molecule has 3 heterocycles. The van der Waals surface area contributed by atoms with E-state index in [2.05, 4.69) is 0 Å². The van der Waals surface area contributed by atoms with Gasteiger partial charge in [-0.1, -0.05) is 0 Å². The van der Waals surface area contributed by atoms with Gasteiger partial charge < -0.3 is 102 Å². The summed E-state index contributed by atoms with van der Waals surface area (Å²) in [5.41, 5.74) is 24.0. The highest BCUT2D eigenvalue weighted by Crippen LogP contribution is 2.33. The lowest BCUT2D eigenvalue weighted by molar-refractivity contribution is -0.362. The van der Waals surface area contributed by atoms with Crippen molar-refractivity contribution in [1.29, 1.82) is 0 Å². The number of ether oxygens (including phenoxy) is 6. The lowest BCUT2D eigenvalue weighted by atomic mass is 9.84. The van der Waals surface area contributed by atoms with E-state index in [4.69, 9.17) is 51.4 Å². The van der Waals surface area contributed by atoms with Crippen molar-refractivity contribution in [3.63, 3.8) is 0 Å². The zero-order valence-electron chi connectivity index (χ0n) is 23.8. The molecule has 0 aromatic heterocycles. The second-order valence-corrected chi connectivity index (χ2v) is 11.6. The molecule has 4 rings (SSSR count). The highest BCUT2D eigenvalue weighted by molar-refractivity contribution is 5.73. The number of aliphatic carboxylic acids is 1. The van der Waals surface area contributed by atoms with Crippen molar-refractivity contribution in [1.82, 2.24) is 0 Å². The number of aliphatic hydroxyl groups excluding tert-OH is 9. The summed E-state index contributed by atoms with van der Waals surface area (Å²) in [4.78, 5) is 11.4. The largest absolute Gasteiger partial charge is 0.479 e. The number of hydrogen-bond donors (Lipinski definition) is 14. The summed E-state index contributed by atoms with van der Waals surface area (Å²) in [6, 6.07) is -3.19. The van der Waals surface area contributed by atoms with Gasteiger partial charge in [0.15, 0.2) is 25.0 Å². The zero-order chi connectivity index (χ0) is 33.5. The van der Waals surface area contributed by atoms with Crippen LogP contribution in [0.3, 0.4) is 0 Å². The van der Waals surface area contributed by atoms with Gasteiger partial charge in [0.1, 0.15) is 79.4 Å². The van der Waals surface area contributed by atoms with Crippen LogP contribution in [-0.4, -0.2) is 193 Å². The molecule has 0 bridgehead atoms. The van der Waals surface area contributed by atoms with Gasteiger partial charge in [-0.15, -0.1) is 0 Å². The topological polar surface area (TPSA) is 379 Å². The average Bonchev–Trinajstić information content (AvgIpc) is 3.00. The number of carboxylic acid groups (broad SMARTS) is 1. The molecule has 21 nitrogen and oxygen atoms in total. The Labute approximate surface area is 255 Å². The predicted octanol–water partition coefficient (Wildman–Crippen LogP) is -9.37. The lowest BCUT2D eigenvalue weighted by Gasteiger charge is -2.49. The van der Waals surface area contributed by atoms with Crippen molar-refractivity contribution in [2.75, 3.05) is 13.2 Å². The summed E-state index contributed by atoms with van der Waals surface area (Å²) < 4.78 is 33.2. The monoisotopic (exact) mass is 660 g/mol. The Morgan fingerprint density at radius 1 is 0.622 bits per heavy atom. The Balaban J connectivity index is 1.45. The first kappa shape index (κ1) is 36.5. The molecule has 20 atom stereocenters. The lowest BCUT2D eigenvalue weighted by Crippen LogP contribution is -2.69. The first-order chi connectivity index (χ1) is 21.1. The number of nitrogens with two attached hydrogens (primary N) is 4. The quantitative estimate of drug-likeness (QED) is 0.109. The van der Waals surface area contributed by atoms with Crippen LogP contribution in [0.1, 0.15) is 6.42 Å². The van der Waals surface area contributed by atoms with Gasteiger partial charge in [0.2, 0.25) is 0 Å². The minimum Gasteiger partial charge on any atom is -0.479 e. The Bertz CT molecular complexity index is 986. The summed E-state index contributed by atoms with van der Waals surface area (Å²) in [5.74, 6) is -1.67. The summed E-state index contributed by atoms with van der Waals surface area (Å²) >= 11 is 0. The molecular weight excluding hydrogens is 616 g/mol. The molecular formula is C24H44N4O17. The molecule has 262 valence electrons. The van der Waals surface area contributed by atoms with E-state index in [1.54, 1.807) is 0 Å². The van der Waals surface area contributed by atoms with E-state index in [0.29, 0.717) is 0 Å². The maximum absolute atomic E-state index is 11.4. The van der Waals surface area contributed by atoms with Crippen LogP contribution in [0.25, 0.3) is 0 Å². The van der Waals surface area contributed by atoms with Crippen molar-refractivity contribution in [3.8, 4) is 0 Å². The molecule has 0 radical (unpaired) electrons. The fourth-order valence-corrected chi connectivity index (χ4v) is 5.87. The SMILES string of the molecule is NC[C@H]1O[C@H](O[C@H]2[C@H](O)[C@@H](O[C@H]3O[C@H](CO)[C@@H](O)[C@H](N)[C@H]3O)[C@H](N)C[C@@H]2N)[C@H](O)[C@@H](O)[C@@H]1OC1OC(C(=O)O)C(O)C(O)C1O. The maximum Gasteiger partial charge on any atom is 0.335 e. The van der Waals surface area contributed by atoms with Gasteiger partial charge in [-0.05, 0) is 6.42 Å². The Morgan fingerprint density at radius 3 is 1.64 bits per heavy atom. The van der Waals surface area contributed by atoms with Crippen molar-refractivity contribution in [2.24, 2.45) is 22.9 Å². The molecule has 0 aromatic rings. The van der Waals surface area contributed by atoms with Crippen LogP contribution in [0.4, 0.5) is 0 Å². The Kier molecular flexibility index (Phi) is 12.1. The zero-order valence-corrected chi connectivity index (χ0v) is 23.8. The molecule has 0 spiro atoms. The van der Waals surface area contributed by atoms with Crippen molar-refractivity contribution in [3.05, 3.63) is 0 Å². The summed E-state index contributed by atoms with van der Waals surface area (Å²) in [5, 5.41) is 103. The number of rotatable bonds is 9. The fraction of sp³-hybridized carbons (Fsp3) is 0.958. The summed E-state index contributed by atoms with van der Waals surface area (Å²) in [6.45, 7) is -1.05. The molecule has 18 N–H and O–H groups in total. The molecule has 4 aliphatic rings. The number of carboxylic acids is 1. The van der Waals surface area contributed by atoms with Gasteiger partial charge >= 0.3 is 5.97 Å². The van der Waals surface area contributed by atoms with Gasteiger partial charge in [0, 0.05) is 18.6 Å². The predicted molar refractivity (Wildman–Crippen MR) is 141 cm³/mol. The van der Waals surface area contributed by atoms with E-state index in [1.165, 1.54) is 0 Å². The molecule has 4 fully saturated rings. The molecule has 21 heteroatoms. The number of aliphatic hydroxyl groups is 9. The standard InChI is InChI=1S/C24H44N4O17/c25-2-6-19(44-24-14(35)11(32)12(33)20(45-24)21(38)39)13(34)15(36)23(40-6)43-18-5(27)1-4(26)17(16(18)37)42-22-10(31)8(28)9(30)7(3-29)41-22/h4-20,22-24,29-37H,1-3,25-28H2,(H,38,39)/t4-,5+,6-,7-,8+,9-,10-,11?,12?,13-,14?,15-,16-,17+,18-,19-,20?,22-,23-,24?/m1/s1. The number of carbonyl (C=O) groups is 1. The van der Waals surface area contributed by atoms with Crippen LogP contribution in [0.2, 0.25) is 0 Å². The van der Waals surface area contributed by atoms with E-state index in [0.717, 1.165) is 0 Å². The molecule has 1 saturated carbocycles. The third-order valence-electron chi connectivity index (χ3n) is 8.56. The summed E-state index contributed by atoms with van der Waals surface area (Å²) in [6.07, 6.45) is -28.4. The highest BCUT2D eigenvalue weighted by Gasteiger charge is 2.54. The molecule has 0 amide bonds. The fourth-order valence-electron chi connectivity index (χ4n) is 5.87.